The molecule has 148 valence electrons. The number of nitrogens with zero attached hydrogens (tertiary/aromatic N) is 3. The largest absolute Gasteiger partial charge is 0.462 e. The third-order valence-corrected chi connectivity index (χ3v) is 4.58. The zero-order chi connectivity index (χ0) is 20.8. The van der Waals surface area contributed by atoms with Crippen molar-refractivity contribution in [2.75, 3.05) is 23.4 Å². The summed E-state index contributed by atoms with van der Waals surface area (Å²) in [4.78, 5) is 41.8. The number of non-ortho nitro benzene ring substituents is 1. The third kappa shape index (κ3) is 5.44. The maximum absolute atomic E-state index is 12.1. The van der Waals surface area contributed by atoms with E-state index in [0.29, 0.717) is 0 Å². The number of hydrogen-bond donors (Lipinski definition) is 2. The summed E-state index contributed by atoms with van der Waals surface area (Å²) in [6.45, 7) is 1.84. The normalized spacial score (nSPS) is 10.4. The van der Waals surface area contributed by atoms with E-state index in [1.807, 2.05) is 0 Å². The average Bonchev–Trinajstić information content (AvgIpc) is 2.63. The van der Waals surface area contributed by atoms with Crippen molar-refractivity contribution < 1.29 is 19.2 Å². The molecule has 2 aromatic rings. The van der Waals surface area contributed by atoms with E-state index in [4.69, 9.17) is 33.7 Å². The van der Waals surface area contributed by atoms with E-state index in [2.05, 4.69) is 15.3 Å². The van der Waals surface area contributed by atoms with Gasteiger partial charge in [0.25, 0.3) is 5.69 Å². The van der Waals surface area contributed by atoms with Crippen LogP contribution in [-0.4, -0.2) is 39.1 Å². The van der Waals surface area contributed by atoms with Gasteiger partial charge < -0.3 is 15.8 Å². The number of aromatic nitrogens is 2. The van der Waals surface area contributed by atoms with Gasteiger partial charge in [-0.2, -0.15) is 0 Å². The highest BCUT2D eigenvalue weighted by Gasteiger charge is 2.18. The van der Waals surface area contributed by atoms with Gasteiger partial charge in [-0.15, -0.1) is 0 Å². The van der Waals surface area contributed by atoms with Crippen molar-refractivity contribution >= 4 is 64.0 Å². The molecule has 0 saturated carbocycles. The van der Waals surface area contributed by atoms with Crippen LogP contribution in [0.15, 0.2) is 23.5 Å². The Hall–Kier alpha value is -2.63. The Kier molecular flexibility index (Phi) is 7.38. The van der Waals surface area contributed by atoms with E-state index in [1.54, 1.807) is 6.92 Å². The van der Waals surface area contributed by atoms with Crippen LogP contribution >= 0.6 is 35.0 Å². The number of rotatable bonds is 7. The highest BCUT2D eigenvalue weighted by molar-refractivity contribution is 7.99. The molecule has 0 aliphatic carbocycles. The minimum atomic E-state index is -0.652. The predicted molar refractivity (Wildman–Crippen MR) is 105 cm³/mol. The van der Waals surface area contributed by atoms with Crippen LogP contribution in [0.2, 0.25) is 10.0 Å². The van der Waals surface area contributed by atoms with Gasteiger partial charge in [-0.25, -0.2) is 14.8 Å². The first-order chi connectivity index (χ1) is 13.2. The molecule has 0 radical (unpaired) electrons. The monoisotopic (exact) mass is 445 g/mol. The van der Waals surface area contributed by atoms with Crippen LogP contribution in [0.1, 0.15) is 17.3 Å². The molecule has 0 saturated heterocycles. The SMILES string of the molecule is CCOC(=O)c1cnc(SCC(=O)Nc2c(Cl)cc([N+](=O)[O-])cc2Cl)nc1N. The Balaban J connectivity index is 2.02. The van der Waals surface area contributed by atoms with Gasteiger partial charge in [0.15, 0.2) is 5.16 Å². The number of nitrogens with one attached hydrogen (secondary N) is 1. The van der Waals surface area contributed by atoms with Gasteiger partial charge in [0.1, 0.15) is 11.4 Å². The number of halogens is 2. The molecular weight excluding hydrogens is 433 g/mol. The van der Waals surface area contributed by atoms with E-state index in [-0.39, 0.29) is 50.3 Å². The number of benzene rings is 1. The maximum Gasteiger partial charge on any atom is 0.343 e. The number of thioether (sulfide) groups is 1. The number of nitro groups is 1. The molecule has 10 nitrogen and oxygen atoms in total. The van der Waals surface area contributed by atoms with Crippen molar-refractivity contribution in [3.05, 3.63) is 44.1 Å². The lowest BCUT2D eigenvalue weighted by Crippen LogP contribution is -2.15. The summed E-state index contributed by atoms with van der Waals surface area (Å²) in [5.74, 6) is -1.34. The van der Waals surface area contributed by atoms with E-state index in [9.17, 15) is 19.7 Å². The van der Waals surface area contributed by atoms with E-state index in [0.717, 1.165) is 23.9 Å². The Morgan fingerprint density at radius 1 is 1.36 bits per heavy atom. The molecule has 1 heterocycles. The van der Waals surface area contributed by atoms with Crippen LogP contribution in [0, 0.1) is 10.1 Å². The number of anilines is 2. The second kappa shape index (κ2) is 9.53. The van der Waals surface area contributed by atoms with E-state index < -0.39 is 16.8 Å². The maximum atomic E-state index is 12.1. The van der Waals surface area contributed by atoms with Crippen LogP contribution < -0.4 is 11.1 Å². The van der Waals surface area contributed by atoms with Crippen molar-refractivity contribution in [3.63, 3.8) is 0 Å². The summed E-state index contributed by atoms with van der Waals surface area (Å²) in [5.41, 5.74) is 5.49. The molecular formula is C15H13Cl2N5O5S. The Morgan fingerprint density at radius 3 is 2.54 bits per heavy atom. The molecule has 1 amide bonds. The molecule has 0 atom stereocenters. The highest BCUT2D eigenvalue weighted by Crippen LogP contribution is 2.34. The van der Waals surface area contributed by atoms with Crippen molar-refractivity contribution in [1.29, 1.82) is 0 Å². The van der Waals surface area contributed by atoms with Crippen LogP contribution in [0.4, 0.5) is 17.2 Å². The van der Waals surface area contributed by atoms with Crippen molar-refractivity contribution in [2.45, 2.75) is 12.1 Å². The van der Waals surface area contributed by atoms with E-state index >= 15 is 0 Å². The molecule has 0 spiro atoms. The number of amides is 1. The lowest BCUT2D eigenvalue weighted by Gasteiger charge is -2.09. The highest BCUT2D eigenvalue weighted by atomic mass is 35.5. The van der Waals surface area contributed by atoms with Crippen LogP contribution in [0.25, 0.3) is 0 Å². The Bertz CT molecular complexity index is 920. The molecule has 1 aromatic carbocycles. The summed E-state index contributed by atoms with van der Waals surface area (Å²) in [7, 11) is 0. The third-order valence-electron chi connectivity index (χ3n) is 3.13. The summed E-state index contributed by atoms with van der Waals surface area (Å²) < 4.78 is 4.82. The fourth-order valence-electron chi connectivity index (χ4n) is 1.90. The van der Waals surface area contributed by atoms with Gasteiger partial charge in [-0.1, -0.05) is 35.0 Å². The molecule has 28 heavy (non-hydrogen) atoms. The lowest BCUT2D eigenvalue weighted by molar-refractivity contribution is -0.384. The molecule has 13 heteroatoms. The van der Waals surface area contributed by atoms with Gasteiger partial charge in [-0.05, 0) is 6.92 Å². The first kappa shape index (κ1) is 21.7. The van der Waals surface area contributed by atoms with Gasteiger partial charge in [-0.3, -0.25) is 14.9 Å². The number of carbonyl (C=O) groups excluding carboxylic acids is 2. The summed E-state index contributed by atoms with van der Waals surface area (Å²) in [5, 5.41) is 13.3. The van der Waals surface area contributed by atoms with Gasteiger partial charge in [0.2, 0.25) is 5.91 Å². The van der Waals surface area contributed by atoms with Crippen LogP contribution in [0.5, 0.6) is 0 Å². The topological polar surface area (TPSA) is 150 Å². The van der Waals surface area contributed by atoms with Crippen molar-refractivity contribution in [3.8, 4) is 0 Å². The van der Waals surface area contributed by atoms with Crippen molar-refractivity contribution in [2.24, 2.45) is 0 Å². The number of ether oxygens (including phenoxy) is 1. The molecule has 0 fully saturated rings. The molecule has 0 unspecified atom stereocenters. The number of nitrogen functional groups attached to an aromatic ring is 1. The number of nitro benzene ring substituents is 1. The standard InChI is InChI=1S/C15H13Cl2N5O5S/c1-2-27-14(24)8-5-19-15(21-13(8)18)28-6-11(23)20-12-9(16)3-7(22(25)26)4-10(12)17/h3-5H,2,6H2,1H3,(H,20,23)(H2,18,19,21). The molecule has 0 aliphatic rings. The number of nitrogens with two attached hydrogens (primary N) is 1. The lowest BCUT2D eigenvalue weighted by atomic mass is 10.3. The average molecular weight is 446 g/mol. The smallest absolute Gasteiger partial charge is 0.343 e. The zero-order valence-electron chi connectivity index (χ0n) is 14.3. The van der Waals surface area contributed by atoms with Crippen LogP contribution in [-0.2, 0) is 9.53 Å². The van der Waals surface area contributed by atoms with Crippen LogP contribution in [0.3, 0.4) is 0 Å². The molecule has 0 aliphatic heterocycles. The summed E-state index contributed by atoms with van der Waals surface area (Å²) in [6, 6.07) is 2.15. The predicted octanol–water partition coefficient (Wildman–Crippen LogP) is 3.18. The minimum absolute atomic E-state index is 0.0279. The molecule has 2 rings (SSSR count). The summed E-state index contributed by atoms with van der Waals surface area (Å²) >= 11 is 12.8. The Labute approximate surface area is 172 Å². The van der Waals surface area contributed by atoms with Crippen molar-refractivity contribution in [1.82, 2.24) is 9.97 Å². The number of carbonyl (C=O) groups is 2. The second-order valence-corrected chi connectivity index (χ2v) is 6.81. The Morgan fingerprint density at radius 2 is 2.00 bits per heavy atom. The fraction of sp³-hybridized carbons (Fsp3) is 0.200. The van der Waals surface area contributed by atoms with Gasteiger partial charge in [0.05, 0.1) is 33.0 Å². The summed E-state index contributed by atoms with van der Waals surface area (Å²) in [6.07, 6.45) is 1.21. The first-order valence-electron chi connectivity index (χ1n) is 7.58. The molecule has 3 N–H and O–H groups in total. The van der Waals surface area contributed by atoms with Gasteiger partial charge in [0, 0.05) is 18.3 Å². The zero-order valence-corrected chi connectivity index (χ0v) is 16.6. The quantitative estimate of drug-likeness (QED) is 0.215. The molecule has 0 bridgehead atoms. The minimum Gasteiger partial charge on any atom is -0.462 e. The second-order valence-electron chi connectivity index (χ2n) is 5.05. The molecule has 1 aromatic heterocycles. The fourth-order valence-corrected chi connectivity index (χ4v) is 3.10. The van der Waals surface area contributed by atoms with E-state index in [1.165, 1.54) is 6.20 Å². The van der Waals surface area contributed by atoms with Gasteiger partial charge >= 0.3 is 5.97 Å². The first-order valence-corrected chi connectivity index (χ1v) is 9.32. The number of hydrogen-bond acceptors (Lipinski definition) is 9. The number of esters is 1.